The summed E-state index contributed by atoms with van der Waals surface area (Å²) in [6.45, 7) is 1.45. The average molecular weight is 222 g/mol. The summed E-state index contributed by atoms with van der Waals surface area (Å²) in [4.78, 5) is 0. The summed E-state index contributed by atoms with van der Waals surface area (Å²) < 4.78 is 48.8. The Morgan fingerprint density at radius 3 is 1.58 bits per heavy atom. The maximum Gasteiger partial charge on any atom is 0.330 e. The van der Waals surface area contributed by atoms with Gasteiger partial charge in [0.1, 0.15) is 0 Å². The van der Waals surface area contributed by atoms with Crippen molar-refractivity contribution in [2.75, 3.05) is 5.75 Å². The molecule has 0 aliphatic rings. The highest BCUT2D eigenvalue weighted by atomic mass is 32.2. The standard InChI is InChI=1S/C2H7NO3S.H3NO3S/c1-2-7(4,5)6-3;1-5(2,3)4/h2-3H2,1H3;(H3,1,2,3,4). The molecule has 10 heteroatoms. The van der Waals surface area contributed by atoms with E-state index < -0.39 is 20.4 Å². The van der Waals surface area contributed by atoms with Crippen molar-refractivity contribution < 1.29 is 25.7 Å². The van der Waals surface area contributed by atoms with Crippen LogP contribution in [0.5, 0.6) is 0 Å². The lowest BCUT2D eigenvalue weighted by atomic mass is 11.0. The van der Waals surface area contributed by atoms with Crippen molar-refractivity contribution in [1.82, 2.24) is 0 Å². The van der Waals surface area contributed by atoms with Gasteiger partial charge in [0.25, 0.3) is 10.1 Å². The van der Waals surface area contributed by atoms with E-state index in [1.54, 1.807) is 0 Å². The Morgan fingerprint density at radius 2 is 1.58 bits per heavy atom. The van der Waals surface area contributed by atoms with E-state index in [9.17, 15) is 8.42 Å². The molecule has 0 amide bonds. The molecule has 0 saturated carbocycles. The molecule has 5 N–H and O–H groups in total. The molecule has 0 aromatic rings. The molecular formula is C2H10N2O6S2. The zero-order valence-corrected chi connectivity index (χ0v) is 7.80. The van der Waals surface area contributed by atoms with Crippen LogP contribution in [0.25, 0.3) is 0 Å². The van der Waals surface area contributed by atoms with E-state index in [0.717, 1.165) is 0 Å². The fraction of sp³-hybridized carbons (Fsp3) is 1.00. The first-order valence-corrected chi connectivity index (χ1v) is 5.56. The lowest BCUT2D eigenvalue weighted by Gasteiger charge is -1.89. The van der Waals surface area contributed by atoms with Gasteiger partial charge in [0, 0.05) is 0 Å². The number of nitrogens with two attached hydrogens (primary N) is 2. The van der Waals surface area contributed by atoms with Crippen LogP contribution in [0.15, 0.2) is 0 Å². The zero-order valence-electron chi connectivity index (χ0n) is 6.17. The van der Waals surface area contributed by atoms with Crippen LogP contribution in [0.4, 0.5) is 0 Å². The molecule has 0 rings (SSSR count). The highest BCUT2D eigenvalue weighted by molar-refractivity contribution is 7.86. The molecule has 0 saturated heterocycles. The smallest absolute Gasteiger partial charge is 0.274 e. The van der Waals surface area contributed by atoms with Gasteiger partial charge in [0.15, 0.2) is 0 Å². The topological polar surface area (TPSA) is 150 Å². The second kappa shape index (κ2) is 5.40. The highest BCUT2D eigenvalue weighted by Crippen LogP contribution is 1.82. The Morgan fingerprint density at radius 1 is 1.33 bits per heavy atom. The Kier molecular flexibility index (Phi) is 6.42. The average Bonchev–Trinajstić information content (AvgIpc) is 1.85. The molecule has 0 aromatic carbocycles. The van der Waals surface area contributed by atoms with Crippen molar-refractivity contribution in [1.29, 1.82) is 0 Å². The lowest BCUT2D eigenvalue weighted by Crippen LogP contribution is -2.12. The third-order valence-corrected chi connectivity index (χ3v) is 1.50. The van der Waals surface area contributed by atoms with Gasteiger partial charge in [-0.2, -0.15) is 27.0 Å². The van der Waals surface area contributed by atoms with Gasteiger partial charge < -0.3 is 0 Å². The zero-order chi connectivity index (χ0) is 10.4. The quantitative estimate of drug-likeness (QED) is 0.360. The fourth-order valence-corrected chi connectivity index (χ4v) is 0.204. The summed E-state index contributed by atoms with van der Waals surface area (Å²) in [6, 6.07) is 0. The van der Waals surface area contributed by atoms with E-state index in [1.807, 2.05) is 0 Å². The van der Waals surface area contributed by atoms with Gasteiger partial charge in [-0.15, -0.1) is 0 Å². The number of rotatable bonds is 2. The molecule has 0 aliphatic heterocycles. The van der Waals surface area contributed by atoms with Gasteiger partial charge in [-0.25, -0.2) is 5.14 Å². The SMILES string of the molecule is CCS(=O)(=O)ON.NS(=O)(=O)O. The molecule has 0 aliphatic carbocycles. The van der Waals surface area contributed by atoms with Gasteiger partial charge in [-0.3, -0.25) is 4.55 Å². The van der Waals surface area contributed by atoms with Gasteiger partial charge in [0.05, 0.1) is 5.75 Å². The van der Waals surface area contributed by atoms with Crippen LogP contribution in [0.3, 0.4) is 0 Å². The molecule has 0 bridgehead atoms. The van der Waals surface area contributed by atoms with Crippen molar-refractivity contribution in [3.63, 3.8) is 0 Å². The van der Waals surface area contributed by atoms with Gasteiger partial charge in [-0.1, -0.05) is 0 Å². The van der Waals surface area contributed by atoms with Gasteiger partial charge in [-0.05, 0) is 6.92 Å². The first kappa shape index (κ1) is 14.3. The predicted molar refractivity (Wildman–Crippen MR) is 40.5 cm³/mol. The van der Waals surface area contributed by atoms with Crippen molar-refractivity contribution >= 4 is 20.4 Å². The Bertz CT molecular complexity index is 272. The summed E-state index contributed by atoms with van der Waals surface area (Å²) >= 11 is 0. The van der Waals surface area contributed by atoms with Crippen LogP contribution in [-0.2, 0) is 24.7 Å². The summed E-state index contributed by atoms with van der Waals surface area (Å²) in [5.74, 6) is 4.25. The molecule has 0 heterocycles. The molecule has 76 valence electrons. The maximum atomic E-state index is 10.0. The minimum absolute atomic E-state index is 0.0799. The molecular weight excluding hydrogens is 212 g/mol. The Balaban J connectivity index is 0. The maximum absolute atomic E-state index is 10.0. The van der Waals surface area contributed by atoms with E-state index >= 15 is 0 Å². The molecule has 0 aromatic heterocycles. The molecule has 0 atom stereocenters. The normalized spacial score (nSPS) is 11.7. The summed E-state index contributed by atoms with van der Waals surface area (Å²) in [7, 11) is -7.55. The van der Waals surface area contributed by atoms with E-state index in [2.05, 4.69) is 15.3 Å². The third kappa shape index (κ3) is 22.6. The van der Waals surface area contributed by atoms with Crippen LogP contribution in [0.2, 0.25) is 0 Å². The van der Waals surface area contributed by atoms with Crippen LogP contribution in [0, 0.1) is 0 Å². The van der Waals surface area contributed by atoms with Crippen LogP contribution in [-0.4, -0.2) is 27.1 Å². The highest BCUT2D eigenvalue weighted by Gasteiger charge is 2.01. The first-order chi connectivity index (χ1) is 5.12. The summed E-state index contributed by atoms with van der Waals surface area (Å²) in [6.07, 6.45) is 0. The number of hydrogen-bond donors (Lipinski definition) is 3. The van der Waals surface area contributed by atoms with Crippen LogP contribution >= 0.6 is 0 Å². The van der Waals surface area contributed by atoms with E-state index in [0.29, 0.717) is 0 Å². The van der Waals surface area contributed by atoms with Crippen molar-refractivity contribution in [2.45, 2.75) is 6.92 Å². The lowest BCUT2D eigenvalue weighted by molar-refractivity contribution is 0.334. The summed E-state index contributed by atoms with van der Waals surface area (Å²) in [5.41, 5.74) is 0. The molecule has 0 radical (unpaired) electrons. The largest absolute Gasteiger partial charge is 0.330 e. The Labute approximate surface area is 70.5 Å². The van der Waals surface area contributed by atoms with Gasteiger partial charge in [0.2, 0.25) is 0 Å². The summed E-state index contributed by atoms with van der Waals surface area (Å²) in [5, 5.41) is 3.88. The second-order valence-electron chi connectivity index (χ2n) is 1.46. The van der Waals surface area contributed by atoms with Crippen LogP contribution < -0.4 is 11.0 Å². The number of hydrogen-bond acceptors (Lipinski definition) is 6. The minimum Gasteiger partial charge on any atom is -0.274 e. The van der Waals surface area contributed by atoms with E-state index in [4.69, 9.17) is 13.0 Å². The molecule has 12 heavy (non-hydrogen) atoms. The molecule has 0 spiro atoms. The molecule has 8 nitrogen and oxygen atoms in total. The third-order valence-electron chi connectivity index (χ3n) is 0.500. The van der Waals surface area contributed by atoms with Gasteiger partial charge >= 0.3 is 10.3 Å². The monoisotopic (exact) mass is 222 g/mol. The molecule has 0 fully saturated rings. The minimum atomic E-state index is -4.17. The fourth-order valence-electron chi connectivity index (χ4n) is 0.0680. The van der Waals surface area contributed by atoms with E-state index in [-0.39, 0.29) is 5.75 Å². The predicted octanol–water partition coefficient (Wildman–Crippen LogP) is -2.03. The van der Waals surface area contributed by atoms with Crippen LogP contribution in [0.1, 0.15) is 6.92 Å². The van der Waals surface area contributed by atoms with E-state index in [1.165, 1.54) is 6.92 Å². The van der Waals surface area contributed by atoms with Crippen molar-refractivity contribution in [3.05, 3.63) is 0 Å². The van der Waals surface area contributed by atoms with Crippen molar-refractivity contribution in [3.8, 4) is 0 Å². The Hall–Kier alpha value is -0.260. The molecule has 0 unspecified atom stereocenters. The first-order valence-electron chi connectivity index (χ1n) is 2.48. The van der Waals surface area contributed by atoms with Crippen molar-refractivity contribution in [2.24, 2.45) is 11.0 Å². The second-order valence-corrected chi connectivity index (χ2v) is 4.37.